The summed E-state index contributed by atoms with van der Waals surface area (Å²) in [4.78, 5) is 16.3. The molecule has 128 valence electrons. The molecule has 0 amide bonds. The molecule has 0 aliphatic rings. The highest BCUT2D eigenvalue weighted by Gasteiger charge is 2.22. The fourth-order valence-corrected chi connectivity index (χ4v) is 2.63. The number of methoxy groups -OCH3 is 2. The molecule has 6 heteroatoms. The molecule has 0 saturated heterocycles. The molecular weight excluding hydrogens is 320 g/mol. The minimum atomic E-state index is -0.549. The van der Waals surface area contributed by atoms with Gasteiger partial charge in [0.05, 0.1) is 26.2 Å². The first kappa shape index (κ1) is 16.6. The van der Waals surface area contributed by atoms with Gasteiger partial charge in [-0.05, 0) is 29.8 Å². The Morgan fingerprint density at radius 3 is 2.48 bits per heavy atom. The van der Waals surface area contributed by atoms with Gasteiger partial charge in [-0.25, -0.2) is 9.78 Å². The Bertz CT molecular complexity index is 885. The summed E-state index contributed by atoms with van der Waals surface area (Å²) in [5.41, 5.74) is 2.21. The number of phenols is 1. The van der Waals surface area contributed by atoms with Crippen LogP contribution < -0.4 is 4.74 Å². The van der Waals surface area contributed by atoms with Crippen LogP contribution in [-0.4, -0.2) is 34.8 Å². The molecule has 6 nitrogen and oxygen atoms in total. The number of carbonyl (C=O) groups is 1. The number of esters is 1. The van der Waals surface area contributed by atoms with Crippen LogP contribution in [0, 0.1) is 0 Å². The van der Waals surface area contributed by atoms with E-state index in [1.54, 1.807) is 37.7 Å². The van der Waals surface area contributed by atoms with Crippen molar-refractivity contribution in [3.63, 3.8) is 0 Å². The summed E-state index contributed by atoms with van der Waals surface area (Å²) in [6.45, 7) is 0.484. The Hall–Kier alpha value is -3.28. The van der Waals surface area contributed by atoms with E-state index in [4.69, 9.17) is 9.47 Å². The third kappa shape index (κ3) is 3.33. The Kier molecular flexibility index (Phi) is 4.70. The molecule has 1 aromatic heterocycles. The van der Waals surface area contributed by atoms with E-state index in [1.807, 2.05) is 28.8 Å². The first-order chi connectivity index (χ1) is 12.1. The highest BCUT2D eigenvalue weighted by atomic mass is 16.5. The number of hydrogen-bond acceptors (Lipinski definition) is 5. The van der Waals surface area contributed by atoms with E-state index in [0.717, 1.165) is 11.3 Å². The summed E-state index contributed by atoms with van der Waals surface area (Å²) in [5, 5.41) is 10.2. The van der Waals surface area contributed by atoms with Gasteiger partial charge in [-0.2, -0.15) is 0 Å². The second-order valence-electron chi connectivity index (χ2n) is 5.43. The van der Waals surface area contributed by atoms with E-state index < -0.39 is 5.97 Å². The van der Waals surface area contributed by atoms with Crippen LogP contribution >= 0.6 is 0 Å². The second kappa shape index (κ2) is 7.09. The van der Waals surface area contributed by atoms with Gasteiger partial charge in [0.25, 0.3) is 0 Å². The molecule has 3 aromatic rings. The number of phenolic OH excluding ortho intramolecular Hbond substituents is 1. The van der Waals surface area contributed by atoms with Crippen LogP contribution in [0.15, 0.2) is 54.9 Å². The molecule has 0 spiro atoms. The second-order valence-corrected chi connectivity index (χ2v) is 5.43. The highest BCUT2D eigenvalue weighted by Crippen LogP contribution is 2.32. The first-order valence-corrected chi connectivity index (χ1v) is 7.68. The summed E-state index contributed by atoms with van der Waals surface area (Å²) >= 11 is 0. The van der Waals surface area contributed by atoms with Crippen LogP contribution in [0.2, 0.25) is 0 Å². The Morgan fingerprint density at radius 1 is 1.12 bits per heavy atom. The van der Waals surface area contributed by atoms with Crippen LogP contribution in [0.5, 0.6) is 11.5 Å². The molecule has 1 heterocycles. The summed E-state index contributed by atoms with van der Waals surface area (Å²) in [5.74, 6) is 0.293. The average molecular weight is 338 g/mol. The number of carbonyl (C=O) groups excluding carboxylic acids is 1. The van der Waals surface area contributed by atoms with Crippen molar-refractivity contribution in [3.05, 3.63) is 66.1 Å². The Balaban J connectivity index is 2.06. The van der Waals surface area contributed by atoms with Gasteiger partial charge in [0.15, 0.2) is 5.69 Å². The monoisotopic (exact) mass is 338 g/mol. The maximum Gasteiger partial charge on any atom is 0.358 e. The molecule has 0 unspecified atom stereocenters. The lowest BCUT2D eigenvalue weighted by Crippen LogP contribution is -2.07. The van der Waals surface area contributed by atoms with Crippen molar-refractivity contribution in [3.8, 4) is 22.8 Å². The maximum atomic E-state index is 12.1. The fraction of sp³-hybridized carbons (Fsp3) is 0.158. The summed E-state index contributed by atoms with van der Waals surface area (Å²) in [6, 6.07) is 14.4. The van der Waals surface area contributed by atoms with Crippen molar-refractivity contribution < 1.29 is 19.4 Å². The van der Waals surface area contributed by atoms with Crippen LogP contribution in [-0.2, 0) is 11.3 Å². The lowest BCUT2D eigenvalue weighted by Gasteiger charge is -2.11. The van der Waals surface area contributed by atoms with E-state index in [1.165, 1.54) is 7.11 Å². The van der Waals surface area contributed by atoms with E-state index in [2.05, 4.69) is 4.98 Å². The van der Waals surface area contributed by atoms with Gasteiger partial charge in [-0.3, -0.25) is 0 Å². The van der Waals surface area contributed by atoms with Gasteiger partial charge in [-0.15, -0.1) is 0 Å². The zero-order valence-electron chi connectivity index (χ0n) is 14.0. The van der Waals surface area contributed by atoms with Crippen molar-refractivity contribution in [2.45, 2.75) is 6.54 Å². The molecule has 2 aromatic carbocycles. The Labute approximate surface area is 145 Å². The molecule has 1 N–H and O–H groups in total. The van der Waals surface area contributed by atoms with Gasteiger partial charge in [0.1, 0.15) is 11.5 Å². The number of benzene rings is 2. The van der Waals surface area contributed by atoms with Gasteiger partial charge in [-0.1, -0.05) is 24.3 Å². The molecule has 25 heavy (non-hydrogen) atoms. The number of rotatable bonds is 5. The standard InChI is InChI=1S/C19H18N2O4/c1-24-14-9-7-13(8-10-14)11-21-12-20-17(19(23)25-2)18(21)15-5-3-4-6-16(15)22/h3-10,12,22H,11H2,1-2H3. The number of para-hydroxylation sites is 1. The van der Waals surface area contributed by atoms with Crippen molar-refractivity contribution in [2.24, 2.45) is 0 Å². The lowest BCUT2D eigenvalue weighted by molar-refractivity contribution is 0.0595. The normalized spacial score (nSPS) is 10.5. The number of aromatic nitrogens is 2. The fourth-order valence-electron chi connectivity index (χ4n) is 2.63. The van der Waals surface area contributed by atoms with Gasteiger partial charge in [0, 0.05) is 12.1 Å². The van der Waals surface area contributed by atoms with Crippen molar-refractivity contribution in [1.82, 2.24) is 9.55 Å². The number of hydrogen-bond donors (Lipinski definition) is 1. The van der Waals surface area contributed by atoms with Crippen LogP contribution in [0.25, 0.3) is 11.3 Å². The molecule has 0 fully saturated rings. The zero-order valence-corrected chi connectivity index (χ0v) is 14.0. The highest BCUT2D eigenvalue weighted by molar-refractivity contribution is 5.95. The molecule has 0 atom stereocenters. The smallest absolute Gasteiger partial charge is 0.358 e. The van der Waals surface area contributed by atoms with Gasteiger partial charge < -0.3 is 19.1 Å². The number of imidazole rings is 1. The first-order valence-electron chi connectivity index (χ1n) is 7.68. The minimum Gasteiger partial charge on any atom is -0.507 e. The number of aromatic hydroxyl groups is 1. The SMILES string of the molecule is COC(=O)c1ncn(Cc2ccc(OC)cc2)c1-c1ccccc1O. The molecule has 0 aliphatic heterocycles. The zero-order chi connectivity index (χ0) is 17.8. The largest absolute Gasteiger partial charge is 0.507 e. The molecule has 0 saturated carbocycles. The summed E-state index contributed by atoms with van der Waals surface area (Å²) in [7, 11) is 2.92. The maximum absolute atomic E-state index is 12.1. The van der Waals surface area contributed by atoms with Crippen LogP contribution in [0.1, 0.15) is 16.1 Å². The van der Waals surface area contributed by atoms with Crippen LogP contribution in [0.3, 0.4) is 0 Å². The lowest BCUT2D eigenvalue weighted by atomic mass is 10.1. The third-order valence-corrected chi connectivity index (χ3v) is 3.89. The van der Waals surface area contributed by atoms with Gasteiger partial charge >= 0.3 is 5.97 Å². The Morgan fingerprint density at radius 2 is 1.84 bits per heavy atom. The number of nitrogens with zero attached hydrogens (tertiary/aromatic N) is 2. The van der Waals surface area contributed by atoms with Crippen molar-refractivity contribution in [2.75, 3.05) is 14.2 Å². The van der Waals surface area contributed by atoms with E-state index >= 15 is 0 Å². The van der Waals surface area contributed by atoms with E-state index in [9.17, 15) is 9.90 Å². The molecular formula is C19H18N2O4. The average Bonchev–Trinajstić information content (AvgIpc) is 3.05. The molecule has 3 rings (SSSR count). The van der Waals surface area contributed by atoms with E-state index in [-0.39, 0.29) is 11.4 Å². The number of ether oxygens (including phenoxy) is 2. The van der Waals surface area contributed by atoms with Crippen molar-refractivity contribution >= 4 is 5.97 Å². The van der Waals surface area contributed by atoms with E-state index in [0.29, 0.717) is 17.8 Å². The topological polar surface area (TPSA) is 73.6 Å². The molecule has 0 aliphatic carbocycles. The minimum absolute atomic E-state index is 0.0733. The predicted molar refractivity (Wildman–Crippen MR) is 92.8 cm³/mol. The molecule has 0 radical (unpaired) electrons. The molecule has 0 bridgehead atoms. The summed E-state index contributed by atoms with van der Waals surface area (Å²) in [6.07, 6.45) is 1.57. The third-order valence-electron chi connectivity index (χ3n) is 3.89. The van der Waals surface area contributed by atoms with Crippen LogP contribution in [0.4, 0.5) is 0 Å². The summed E-state index contributed by atoms with van der Waals surface area (Å²) < 4.78 is 11.8. The predicted octanol–water partition coefficient (Wildman–Crippen LogP) is 3.10. The van der Waals surface area contributed by atoms with Gasteiger partial charge in [0.2, 0.25) is 0 Å². The van der Waals surface area contributed by atoms with Crippen molar-refractivity contribution in [1.29, 1.82) is 0 Å². The quantitative estimate of drug-likeness (QED) is 0.724.